The number of benzene rings is 1. The molecule has 1 N–H and O–H groups in total. The van der Waals surface area contributed by atoms with Crippen molar-refractivity contribution in [2.24, 2.45) is 0 Å². The average Bonchev–Trinajstić information content (AvgIpc) is 2.90. The topological polar surface area (TPSA) is 57.6 Å². The first-order valence-electron chi connectivity index (χ1n) is 6.94. The molecule has 0 aliphatic carbocycles. The fraction of sp³-hybridized carbons (Fsp3) is 0.467. The summed E-state index contributed by atoms with van der Waals surface area (Å²) in [5.41, 5.74) is 1.19. The molecule has 1 fully saturated rings. The number of thioether (sulfide) groups is 1. The van der Waals surface area contributed by atoms with Gasteiger partial charge in [0.15, 0.2) is 0 Å². The number of amides is 1. The van der Waals surface area contributed by atoms with Crippen molar-refractivity contribution in [2.75, 3.05) is 6.54 Å². The van der Waals surface area contributed by atoms with E-state index in [4.69, 9.17) is 0 Å². The third-order valence-electron chi connectivity index (χ3n) is 3.99. The molecule has 2 atom stereocenters. The van der Waals surface area contributed by atoms with E-state index >= 15 is 0 Å². The Hall–Kier alpha value is -1.49. The van der Waals surface area contributed by atoms with Gasteiger partial charge in [-0.25, -0.2) is 4.79 Å². The number of fused-ring (bicyclic) bond motifs is 1. The number of carbonyl (C=O) groups excluding carboxylic acids is 1. The van der Waals surface area contributed by atoms with Crippen molar-refractivity contribution in [3.63, 3.8) is 0 Å². The van der Waals surface area contributed by atoms with Crippen LogP contribution in [0.5, 0.6) is 0 Å². The van der Waals surface area contributed by atoms with E-state index in [1.165, 1.54) is 5.56 Å². The molecule has 0 saturated carbocycles. The molecule has 0 aromatic heterocycles. The largest absolute Gasteiger partial charge is 0.480 e. The molecular formula is C15H17NO3S. The number of hydrogen-bond acceptors (Lipinski definition) is 3. The minimum Gasteiger partial charge on any atom is -0.480 e. The van der Waals surface area contributed by atoms with Gasteiger partial charge in [-0.2, -0.15) is 0 Å². The highest BCUT2D eigenvalue weighted by atomic mass is 32.2. The molecule has 106 valence electrons. The number of hydrogen-bond donors (Lipinski definition) is 1. The Balaban J connectivity index is 1.75. The average molecular weight is 291 g/mol. The molecule has 1 saturated heterocycles. The summed E-state index contributed by atoms with van der Waals surface area (Å²) >= 11 is 1.57. The number of piperidine rings is 1. The molecule has 2 heterocycles. The molecule has 0 radical (unpaired) electrons. The number of aliphatic carboxylic acids is 1. The summed E-state index contributed by atoms with van der Waals surface area (Å²) in [6.07, 6.45) is 3.08. The Kier molecular flexibility index (Phi) is 3.70. The van der Waals surface area contributed by atoms with Crippen LogP contribution in [0.4, 0.5) is 0 Å². The summed E-state index contributed by atoms with van der Waals surface area (Å²) in [4.78, 5) is 26.7. The maximum atomic E-state index is 12.6. The summed E-state index contributed by atoms with van der Waals surface area (Å²) < 4.78 is 0. The van der Waals surface area contributed by atoms with Crippen LogP contribution < -0.4 is 0 Å². The van der Waals surface area contributed by atoms with Gasteiger partial charge in [-0.1, -0.05) is 18.2 Å². The van der Waals surface area contributed by atoms with Crippen LogP contribution in [-0.2, 0) is 16.0 Å². The van der Waals surface area contributed by atoms with Crippen LogP contribution in [-0.4, -0.2) is 39.7 Å². The molecule has 2 aliphatic rings. The van der Waals surface area contributed by atoms with Gasteiger partial charge in [0.1, 0.15) is 6.04 Å². The van der Waals surface area contributed by atoms with Gasteiger partial charge < -0.3 is 10.0 Å². The van der Waals surface area contributed by atoms with E-state index in [-0.39, 0.29) is 11.2 Å². The maximum Gasteiger partial charge on any atom is 0.326 e. The first-order chi connectivity index (χ1) is 9.66. The third-order valence-corrected chi connectivity index (χ3v) is 5.30. The minimum atomic E-state index is -0.876. The van der Waals surface area contributed by atoms with Gasteiger partial charge in [0.05, 0.1) is 5.25 Å². The summed E-state index contributed by atoms with van der Waals surface area (Å²) in [6.45, 7) is 0.573. The summed E-state index contributed by atoms with van der Waals surface area (Å²) in [7, 11) is 0. The zero-order valence-corrected chi connectivity index (χ0v) is 11.9. The van der Waals surface area contributed by atoms with Gasteiger partial charge >= 0.3 is 5.97 Å². The molecule has 0 bridgehead atoms. The molecule has 3 rings (SSSR count). The molecule has 1 aromatic carbocycles. The third kappa shape index (κ3) is 2.42. The van der Waals surface area contributed by atoms with Crippen molar-refractivity contribution in [3.8, 4) is 0 Å². The highest BCUT2D eigenvalue weighted by Crippen LogP contribution is 2.38. The SMILES string of the molecule is O=C(O)C1CCCCN1C(=O)C1Cc2ccccc2S1. The van der Waals surface area contributed by atoms with Crippen molar-refractivity contribution in [1.29, 1.82) is 0 Å². The second-order valence-corrected chi connectivity index (χ2v) is 6.54. The van der Waals surface area contributed by atoms with Crippen molar-refractivity contribution in [2.45, 2.75) is 41.9 Å². The predicted octanol–water partition coefficient (Wildman–Crippen LogP) is 2.17. The number of carboxylic acids is 1. The molecule has 1 amide bonds. The molecule has 5 heteroatoms. The van der Waals surface area contributed by atoms with E-state index in [2.05, 4.69) is 0 Å². The van der Waals surface area contributed by atoms with Gasteiger partial charge in [-0.15, -0.1) is 11.8 Å². The van der Waals surface area contributed by atoms with Crippen molar-refractivity contribution >= 4 is 23.6 Å². The number of nitrogens with zero attached hydrogens (tertiary/aromatic N) is 1. The van der Waals surface area contributed by atoms with Gasteiger partial charge in [0, 0.05) is 11.4 Å². The monoisotopic (exact) mass is 291 g/mol. The molecular weight excluding hydrogens is 274 g/mol. The van der Waals surface area contributed by atoms with E-state index in [1.807, 2.05) is 24.3 Å². The molecule has 2 aliphatic heterocycles. The maximum absolute atomic E-state index is 12.6. The van der Waals surface area contributed by atoms with Crippen LogP contribution in [0.1, 0.15) is 24.8 Å². The zero-order valence-electron chi connectivity index (χ0n) is 11.1. The zero-order chi connectivity index (χ0) is 14.1. The first-order valence-corrected chi connectivity index (χ1v) is 7.82. The second-order valence-electron chi connectivity index (χ2n) is 5.30. The molecule has 20 heavy (non-hydrogen) atoms. The summed E-state index contributed by atoms with van der Waals surface area (Å²) in [6, 6.07) is 7.38. The highest BCUT2D eigenvalue weighted by Gasteiger charge is 2.37. The smallest absolute Gasteiger partial charge is 0.326 e. The fourth-order valence-corrected chi connectivity index (χ4v) is 4.22. The van der Waals surface area contributed by atoms with Crippen LogP contribution >= 0.6 is 11.8 Å². The predicted molar refractivity (Wildman–Crippen MR) is 76.8 cm³/mol. The number of carbonyl (C=O) groups is 2. The summed E-state index contributed by atoms with van der Waals surface area (Å²) in [5.74, 6) is -0.892. The molecule has 1 aromatic rings. The normalized spacial score (nSPS) is 25.3. The number of carboxylic acid groups (broad SMARTS) is 1. The lowest BCUT2D eigenvalue weighted by Crippen LogP contribution is -2.50. The van der Waals surface area contributed by atoms with Gasteiger partial charge in [0.25, 0.3) is 0 Å². The molecule has 2 unspecified atom stereocenters. The standard InChI is InChI=1S/C15H17NO3S/c17-14(16-8-4-3-6-11(16)15(18)19)13-9-10-5-1-2-7-12(10)20-13/h1-2,5,7,11,13H,3-4,6,8-9H2,(H,18,19). The van der Waals surface area contributed by atoms with Gasteiger partial charge in [-0.05, 0) is 37.3 Å². The fourth-order valence-electron chi connectivity index (χ4n) is 2.96. The van der Waals surface area contributed by atoms with Gasteiger partial charge in [-0.3, -0.25) is 4.79 Å². The Bertz CT molecular complexity index is 521. The van der Waals surface area contributed by atoms with Crippen molar-refractivity contribution in [3.05, 3.63) is 29.8 Å². The lowest BCUT2D eigenvalue weighted by atomic mass is 10.0. The Labute approximate surface area is 122 Å². The van der Waals surface area contributed by atoms with Crippen LogP contribution in [0, 0.1) is 0 Å². The Morgan fingerprint density at radius 2 is 2.05 bits per heavy atom. The number of rotatable bonds is 2. The lowest BCUT2D eigenvalue weighted by Gasteiger charge is -2.34. The Morgan fingerprint density at radius 3 is 2.80 bits per heavy atom. The Morgan fingerprint density at radius 1 is 1.25 bits per heavy atom. The second kappa shape index (κ2) is 5.48. The van der Waals surface area contributed by atoms with E-state index < -0.39 is 12.0 Å². The van der Waals surface area contributed by atoms with Crippen LogP contribution in [0.15, 0.2) is 29.2 Å². The van der Waals surface area contributed by atoms with Crippen molar-refractivity contribution < 1.29 is 14.7 Å². The van der Waals surface area contributed by atoms with Crippen LogP contribution in [0.3, 0.4) is 0 Å². The van der Waals surface area contributed by atoms with E-state index in [0.717, 1.165) is 17.7 Å². The molecule has 0 spiro atoms. The molecule has 4 nitrogen and oxygen atoms in total. The van der Waals surface area contributed by atoms with E-state index in [9.17, 15) is 14.7 Å². The van der Waals surface area contributed by atoms with Crippen molar-refractivity contribution in [1.82, 2.24) is 4.90 Å². The summed E-state index contributed by atoms with van der Waals surface area (Å²) in [5, 5.41) is 9.11. The lowest BCUT2D eigenvalue weighted by molar-refractivity contribution is -0.151. The minimum absolute atomic E-state index is 0.0155. The van der Waals surface area contributed by atoms with E-state index in [0.29, 0.717) is 19.4 Å². The highest BCUT2D eigenvalue weighted by molar-refractivity contribution is 8.01. The quantitative estimate of drug-likeness (QED) is 0.907. The van der Waals surface area contributed by atoms with Crippen LogP contribution in [0.2, 0.25) is 0 Å². The number of likely N-dealkylation sites (tertiary alicyclic amines) is 1. The van der Waals surface area contributed by atoms with Gasteiger partial charge in [0.2, 0.25) is 5.91 Å². The van der Waals surface area contributed by atoms with E-state index in [1.54, 1.807) is 16.7 Å². The first kappa shape index (κ1) is 13.5. The van der Waals surface area contributed by atoms with Crippen LogP contribution in [0.25, 0.3) is 0 Å².